The van der Waals surface area contributed by atoms with Gasteiger partial charge in [-0.1, -0.05) is 6.07 Å². The van der Waals surface area contributed by atoms with E-state index in [1.54, 1.807) is 11.2 Å². The summed E-state index contributed by atoms with van der Waals surface area (Å²) in [5.74, 6) is 1.65. The number of anilines is 1. The van der Waals surface area contributed by atoms with Crippen LogP contribution in [0.1, 0.15) is 29.5 Å². The molecule has 2 aromatic heterocycles. The molecule has 0 radical (unpaired) electrons. The van der Waals surface area contributed by atoms with E-state index >= 15 is 0 Å². The van der Waals surface area contributed by atoms with Gasteiger partial charge in [0.05, 0.1) is 5.56 Å². The molecule has 4 heterocycles. The van der Waals surface area contributed by atoms with E-state index in [9.17, 15) is 18.0 Å². The van der Waals surface area contributed by atoms with Crippen LogP contribution >= 0.6 is 0 Å². The minimum Gasteiger partial charge on any atom is -0.356 e. The molecule has 0 unspecified atom stereocenters. The molecule has 9 heteroatoms. The molecule has 1 saturated heterocycles. The van der Waals surface area contributed by atoms with Gasteiger partial charge in [-0.2, -0.15) is 13.2 Å². The van der Waals surface area contributed by atoms with Crippen molar-refractivity contribution >= 4 is 11.7 Å². The lowest BCUT2D eigenvalue weighted by atomic mass is 9.92. The number of carbonyl (C=O) groups excluding carboxylic acids is 1. The molecule has 0 aliphatic carbocycles. The average Bonchev–Trinajstić information content (AvgIpc) is 3.38. The number of hydrogen-bond donors (Lipinski definition) is 0. The lowest BCUT2D eigenvalue weighted by Crippen LogP contribution is -2.44. The topological polar surface area (TPSA) is 54.3 Å². The summed E-state index contributed by atoms with van der Waals surface area (Å²) in [7, 11) is 0. The summed E-state index contributed by atoms with van der Waals surface area (Å²) in [6.45, 7) is 2.27. The number of carbonyl (C=O) groups is 1. The third-order valence-corrected chi connectivity index (χ3v) is 6.53. The monoisotopic (exact) mass is 455 g/mol. The second-order valence-electron chi connectivity index (χ2n) is 8.58. The van der Waals surface area contributed by atoms with E-state index in [4.69, 9.17) is 0 Å². The molecule has 1 aromatic carbocycles. The molecule has 5 rings (SSSR count). The van der Waals surface area contributed by atoms with Gasteiger partial charge in [0.1, 0.15) is 18.0 Å². The van der Waals surface area contributed by atoms with Crippen LogP contribution in [0.25, 0.3) is 5.82 Å². The molecule has 0 N–H and O–H groups in total. The molecule has 6 nitrogen and oxygen atoms in total. The van der Waals surface area contributed by atoms with E-state index in [0.717, 1.165) is 49.2 Å². The Morgan fingerprint density at radius 3 is 2.39 bits per heavy atom. The molecule has 1 amide bonds. The van der Waals surface area contributed by atoms with Crippen molar-refractivity contribution < 1.29 is 18.0 Å². The number of halogens is 3. The second-order valence-corrected chi connectivity index (χ2v) is 8.58. The Bertz CT molecular complexity index is 1140. The highest BCUT2D eigenvalue weighted by Crippen LogP contribution is 2.33. The largest absolute Gasteiger partial charge is 0.416 e. The van der Waals surface area contributed by atoms with Crippen molar-refractivity contribution in [1.29, 1.82) is 0 Å². The van der Waals surface area contributed by atoms with Gasteiger partial charge < -0.3 is 14.4 Å². The number of benzene rings is 1. The van der Waals surface area contributed by atoms with Crippen LogP contribution in [0, 0.1) is 5.92 Å². The zero-order valence-electron chi connectivity index (χ0n) is 18.0. The van der Waals surface area contributed by atoms with Crippen molar-refractivity contribution in [2.24, 2.45) is 5.92 Å². The number of aromatic nitrogens is 3. The zero-order valence-corrected chi connectivity index (χ0v) is 18.0. The SMILES string of the molecule is O=C(C1CCN(c2cc(-n3cccc3)ncn2)CC1)N1CCc2cc(C(F)(F)F)ccc2C1. The Morgan fingerprint density at radius 1 is 0.939 bits per heavy atom. The lowest BCUT2D eigenvalue weighted by molar-refractivity contribution is -0.138. The van der Waals surface area contributed by atoms with Gasteiger partial charge in [0.2, 0.25) is 5.91 Å². The Hall–Kier alpha value is -3.36. The highest BCUT2D eigenvalue weighted by molar-refractivity contribution is 5.79. The van der Waals surface area contributed by atoms with Crippen LogP contribution in [-0.2, 0) is 23.9 Å². The molecule has 2 aliphatic heterocycles. The Morgan fingerprint density at radius 2 is 1.67 bits per heavy atom. The Labute approximate surface area is 189 Å². The van der Waals surface area contributed by atoms with Crippen molar-refractivity contribution in [2.45, 2.75) is 32.0 Å². The van der Waals surface area contributed by atoms with Gasteiger partial charge in [-0.15, -0.1) is 0 Å². The first-order chi connectivity index (χ1) is 15.9. The number of nitrogens with zero attached hydrogens (tertiary/aromatic N) is 5. The quantitative estimate of drug-likeness (QED) is 0.597. The molecular weight excluding hydrogens is 431 g/mol. The molecule has 33 heavy (non-hydrogen) atoms. The molecule has 0 atom stereocenters. The lowest BCUT2D eigenvalue weighted by Gasteiger charge is -2.36. The van der Waals surface area contributed by atoms with Crippen LogP contribution in [-0.4, -0.2) is 45.0 Å². The summed E-state index contributed by atoms with van der Waals surface area (Å²) in [6, 6.07) is 9.66. The third kappa shape index (κ3) is 4.44. The van der Waals surface area contributed by atoms with E-state index in [1.807, 2.05) is 35.2 Å². The van der Waals surface area contributed by atoms with E-state index in [0.29, 0.717) is 25.1 Å². The molecule has 3 aromatic rings. The van der Waals surface area contributed by atoms with Crippen molar-refractivity contribution in [3.8, 4) is 5.82 Å². The summed E-state index contributed by atoms with van der Waals surface area (Å²) in [6.07, 6.45) is 2.96. The third-order valence-electron chi connectivity index (χ3n) is 6.53. The summed E-state index contributed by atoms with van der Waals surface area (Å²) in [5.41, 5.74) is 0.863. The highest BCUT2D eigenvalue weighted by Gasteiger charge is 2.34. The van der Waals surface area contributed by atoms with Gasteiger partial charge in [0.25, 0.3) is 0 Å². The van der Waals surface area contributed by atoms with Crippen molar-refractivity contribution in [2.75, 3.05) is 24.5 Å². The van der Waals surface area contributed by atoms with Gasteiger partial charge in [-0.25, -0.2) is 9.97 Å². The Balaban J connectivity index is 1.21. The van der Waals surface area contributed by atoms with E-state index in [2.05, 4.69) is 14.9 Å². The average molecular weight is 455 g/mol. The smallest absolute Gasteiger partial charge is 0.356 e. The van der Waals surface area contributed by atoms with E-state index in [-0.39, 0.29) is 11.8 Å². The maximum atomic E-state index is 13.1. The fraction of sp³-hybridized carbons (Fsp3) is 0.375. The fourth-order valence-corrected chi connectivity index (χ4v) is 4.67. The first-order valence-corrected chi connectivity index (χ1v) is 11.1. The molecule has 2 aliphatic rings. The molecule has 0 bridgehead atoms. The second kappa shape index (κ2) is 8.53. The van der Waals surface area contributed by atoms with Gasteiger partial charge in [0.15, 0.2) is 0 Å². The van der Waals surface area contributed by atoms with Crippen LogP contribution < -0.4 is 4.90 Å². The molecule has 0 spiro atoms. The minimum absolute atomic E-state index is 0.0806. The van der Waals surface area contributed by atoms with Crippen LogP contribution in [0.15, 0.2) is 55.1 Å². The van der Waals surface area contributed by atoms with Gasteiger partial charge in [-0.05, 0) is 54.7 Å². The summed E-state index contributed by atoms with van der Waals surface area (Å²) < 4.78 is 40.9. The van der Waals surface area contributed by atoms with Crippen molar-refractivity contribution in [3.05, 3.63) is 71.8 Å². The van der Waals surface area contributed by atoms with Gasteiger partial charge in [-0.3, -0.25) is 4.79 Å². The summed E-state index contributed by atoms with van der Waals surface area (Å²) >= 11 is 0. The van der Waals surface area contributed by atoms with Gasteiger partial charge in [0, 0.05) is 50.6 Å². The van der Waals surface area contributed by atoms with Crippen LogP contribution in [0.4, 0.5) is 19.0 Å². The van der Waals surface area contributed by atoms with Crippen molar-refractivity contribution in [3.63, 3.8) is 0 Å². The zero-order chi connectivity index (χ0) is 23.0. The van der Waals surface area contributed by atoms with Crippen LogP contribution in [0.5, 0.6) is 0 Å². The van der Waals surface area contributed by atoms with E-state index in [1.165, 1.54) is 12.1 Å². The number of amides is 1. The predicted octanol–water partition coefficient (Wildman–Crippen LogP) is 4.09. The predicted molar refractivity (Wildman–Crippen MR) is 117 cm³/mol. The first kappa shape index (κ1) is 21.5. The first-order valence-electron chi connectivity index (χ1n) is 11.1. The van der Waals surface area contributed by atoms with Crippen LogP contribution in [0.2, 0.25) is 0 Å². The number of piperidine rings is 1. The maximum Gasteiger partial charge on any atom is 0.416 e. The molecule has 0 saturated carbocycles. The summed E-state index contributed by atoms with van der Waals surface area (Å²) in [4.78, 5) is 25.8. The van der Waals surface area contributed by atoms with Crippen LogP contribution in [0.3, 0.4) is 0 Å². The summed E-state index contributed by atoms with van der Waals surface area (Å²) in [5, 5.41) is 0. The number of fused-ring (bicyclic) bond motifs is 1. The Kier molecular flexibility index (Phi) is 5.55. The minimum atomic E-state index is -4.34. The number of hydrogen-bond acceptors (Lipinski definition) is 4. The highest BCUT2D eigenvalue weighted by atomic mass is 19.4. The fourth-order valence-electron chi connectivity index (χ4n) is 4.67. The van der Waals surface area contributed by atoms with E-state index < -0.39 is 11.7 Å². The number of rotatable bonds is 3. The maximum absolute atomic E-state index is 13.1. The normalized spacial score (nSPS) is 17.2. The van der Waals surface area contributed by atoms with Gasteiger partial charge >= 0.3 is 6.18 Å². The molecule has 172 valence electrons. The van der Waals surface area contributed by atoms with Crippen molar-refractivity contribution in [1.82, 2.24) is 19.4 Å². The molecule has 1 fully saturated rings. The molecular formula is C24H24F3N5O. The number of alkyl halides is 3. The standard InChI is InChI=1S/C24H24F3N5O/c25-24(26,27)20-4-3-19-15-32(12-7-18(19)13-20)23(33)17-5-10-31(11-6-17)22-14-21(28-16-29-22)30-8-1-2-9-30/h1-4,8-9,13-14,16-17H,5-7,10-12,15H2.